The van der Waals surface area contributed by atoms with Gasteiger partial charge < -0.3 is 5.32 Å². The van der Waals surface area contributed by atoms with Crippen LogP contribution >= 0.6 is 11.6 Å². The SMILES string of the molecule is Cc1ccc(NS(=O)(=O)c2ccc(CCC(=O)Nc3ccc(Cl)cc3C(=O)c3ccccc3)cc2)cc1. The molecular weight excluding hydrogens is 508 g/mol. The van der Waals surface area contributed by atoms with Gasteiger partial charge in [0.05, 0.1) is 10.6 Å². The molecule has 0 aromatic heterocycles. The third-order valence-corrected chi connectivity index (χ3v) is 7.35. The molecule has 0 bridgehead atoms. The molecule has 4 aromatic carbocycles. The van der Waals surface area contributed by atoms with Crippen LogP contribution in [0.5, 0.6) is 0 Å². The Morgan fingerprint density at radius 1 is 0.838 bits per heavy atom. The van der Waals surface area contributed by atoms with Gasteiger partial charge in [0.15, 0.2) is 5.78 Å². The van der Waals surface area contributed by atoms with E-state index in [2.05, 4.69) is 10.0 Å². The van der Waals surface area contributed by atoms with Crippen molar-refractivity contribution in [1.82, 2.24) is 0 Å². The van der Waals surface area contributed by atoms with Crippen LogP contribution in [-0.2, 0) is 21.2 Å². The van der Waals surface area contributed by atoms with Crippen molar-refractivity contribution >= 4 is 44.7 Å². The average Bonchev–Trinajstić information content (AvgIpc) is 2.90. The Morgan fingerprint density at radius 3 is 2.19 bits per heavy atom. The lowest BCUT2D eigenvalue weighted by atomic mass is 10.0. The van der Waals surface area contributed by atoms with Crippen LogP contribution in [0.4, 0.5) is 11.4 Å². The summed E-state index contributed by atoms with van der Waals surface area (Å²) in [4.78, 5) is 25.8. The lowest BCUT2D eigenvalue weighted by molar-refractivity contribution is -0.116. The van der Waals surface area contributed by atoms with Crippen LogP contribution in [0.15, 0.2) is 102 Å². The number of hydrogen-bond donors (Lipinski definition) is 2. The normalized spacial score (nSPS) is 11.1. The predicted molar refractivity (Wildman–Crippen MR) is 147 cm³/mol. The molecule has 0 atom stereocenters. The number of aryl methyl sites for hydroxylation is 2. The molecule has 2 N–H and O–H groups in total. The van der Waals surface area contributed by atoms with Gasteiger partial charge in [-0.25, -0.2) is 8.42 Å². The number of anilines is 2. The quantitative estimate of drug-likeness (QED) is 0.249. The van der Waals surface area contributed by atoms with Crippen molar-refractivity contribution in [2.24, 2.45) is 0 Å². The van der Waals surface area contributed by atoms with Crippen molar-refractivity contribution < 1.29 is 18.0 Å². The maximum Gasteiger partial charge on any atom is 0.261 e. The van der Waals surface area contributed by atoms with E-state index in [1.165, 1.54) is 18.2 Å². The van der Waals surface area contributed by atoms with Gasteiger partial charge in [0.25, 0.3) is 10.0 Å². The number of carbonyl (C=O) groups excluding carboxylic acids is 2. The van der Waals surface area contributed by atoms with E-state index >= 15 is 0 Å². The molecule has 4 aromatic rings. The number of hydrogen-bond acceptors (Lipinski definition) is 4. The number of nitrogens with one attached hydrogen (secondary N) is 2. The van der Waals surface area contributed by atoms with Crippen molar-refractivity contribution in [3.05, 3.63) is 124 Å². The number of halogens is 1. The lowest BCUT2D eigenvalue weighted by Crippen LogP contribution is -2.16. The summed E-state index contributed by atoms with van der Waals surface area (Å²) in [6.45, 7) is 1.93. The zero-order valence-corrected chi connectivity index (χ0v) is 21.6. The number of ketones is 1. The van der Waals surface area contributed by atoms with Crippen molar-refractivity contribution in [2.75, 3.05) is 10.0 Å². The molecule has 0 aliphatic heterocycles. The molecule has 8 heteroatoms. The van der Waals surface area contributed by atoms with E-state index in [1.54, 1.807) is 60.7 Å². The second-order valence-corrected chi connectivity index (χ2v) is 10.7. The Hall–Kier alpha value is -3.94. The number of amides is 1. The van der Waals surface area contributed by atoms with Crippen molar-refractivity contribution in [3.63, 3.8) is 0 Å². The Morgan fingerprint density at radius 2 is 1.51 bits per heavy atom. The van der Waals surface area contributed by atoms with Crippen LogP contribution in [0, 0.1) is 6.92 Å². The van der Waals surface area contributed by atoms with Gasteiger partial charge in [0, 0.05) is 28.3 Å². The summed E-state index contributed by atoms with van der Waals surface area (Å²) in [6, 6.07) is 27.0. The van der Waals surface area contributed by atoms with Crippen LogP contribution in [0.2, 0.25) is 5.02 Å². The van der Waals surface area contributed by atoms with Crippen LogP contribution in [0.3, 0.4) is 0 Å². The smallest absolute Gasteiger partial charge is 0.261 e. The number of benzene rings is 4. The Labute approximate surface area is 221 Å². The van der Waals surface area contributed by atoms with Crippen LogP contribution < -0.4 is 10.0 Å². The molecule has 0 radical (unpaired) electrons. The maximum atomic E-state index is 13.0. The molecule has 37 heavy (non-hydrogen) atoms. The summed E-state index contributed by atoms with van der Waals surface area (Å²) < 4.78 is 27.9. The molecule has 188 valence electrons. The zero-order valence-electron chi connectivity index (χ0n) is 20.1. The first-order valence-electron chi connectivity index (χ1n) is 11.6. The highest BCUT2D eigenvalue weighted by molar-refractivity contribution is 7.92. The van der Waals surface area contributed by atoms with E-state index in [0.717, 1.165) is 11.1 Å². The van der Waals surface area contributed by atoms with Gasteiger partial charge in [-0.05, 0) is 61.4 Å². The van der Waals surface area contributed by atoms with Crippen molar-refractivity contribution in [2.45, 2.75) is 24.7 Å². The number of rotatable bonds is 9. The summed E-state index contributed by atoms with van der Waals surface area (Å²) >= 11 is 6.11. The fraction of sp³-hybridized carbons (Fsp3) is 0.103. The first kappa shape index (κ1) is 26.1. The summed E-state index contributed by atoms with van der Waals surface area (Å²) in [5.74, 6) is -0.517. The molecular formula is C29H25ClN2O4S. The Balaban J connectivity index is 1.39. The van der Waals surface area contributed by atoms with E-state index < -0.39 is 10.0 Å². The van der Waals surface area contributed by atoms with Gasteiger partial charge in [0.2, 0.25) is 5.91 Å². The minimum absolute atomic E-state index is 0.131. The minimum Gasteiger partial charge on any atom is -0.325 e. The third-order valence-electron chi connectivity index (χ3n) is 5.71. The lowest BCUT2D eigenvalue weighted by Gasteiger charge is -2.12. The molecule has 0 aliphatic rings. The van der Waals surface area contributed by atoms with Gasteiger partial charge in [-0.1, -0.05) is 71.8 Å². The molecule has 0 fully saturated rings. The Kier molecular flexibility index (Phi) is 8.06. The van der Waals surface area contributed by atoms with Gasteiger partial charge >= 0.3 is 0 Å². The van der Waals surface area contributed by atoms with Crippen molar-refractivity contribution in [1.29, 1.82) is 0 Å². The third kappa shape index (κ3) is 6.84. The molecule has 0 unspecified atom stereocenters. The number of sulfonamides is 1. The van der Waals surface area contributed by atoms with Crippen LogP contribution in [-0.4, -0.2) is 20.1 Å². The molecule has 4 rings (SSSR count). The van der Waals surface area contributed by atoms with E-state index in [4.69, 9.17) is 11.6 Å². The van der Waals surface area contributed by atoms with Gasteiger partial charge in [0.1, 0.15) is 0 Å². The van der Waals surface area contributed by atoms with E-state index in [0.29, 0.717) is 33.9 Å². The molecule has 0 aliphatic carbocycles. The van der Waals surface area contributed by atoms with E-state index in [1.807, 2.05) is 25.1 Å². The fourth-order valence-corrected chi connectivity index (χ4v) is 4.93. The van der Waals surface area contributed by atoms with Gasteiger partial charge in [-0.2, -0.15) is 0 Å². The average molecular weight is 533 g/mol. The molecule has 0 saturated heterocycles. The molecule has 0 heterocycles. The molecule has 1 amide bonds. The highest BCUT2D eigenvalue weighted by Crippen LogP contribution is 2.24. The Bertz CT molecular complexity index is 1520. The molecule has 0 spiro atoms. The fourth-order valence-electron chi connectivity index (χ4n) is 3.70. The summed E-state index contributed by atoms with van der Waals surface area (Å²) in [5, 5.41) is 3.19. The monoisotopic (exact) mass is 532 g/mol. The highest BCUT2D eigenvalue weighted by Gasteiger charge is 2.17. The zero-order chi connectivity index (χ0) is 26.4. The highest BCUT2D eigenvalue weighted by atomic mass is 35.5. The number of carbonyl (C=O) groups is 2. The first-order valence-corrected chi connectivity index (χ1v) is 13.4. The van der Waals surface area contributed by atoms with Crippen LogP contribution in [0.1, 0.15) is 33.5 Å². The second-order valence-electron chi connectivity index (χ2n) is 8.55. The van der Waals surface area contributed by atoms with Gasteiger partial charge in [-0.3, -0.25) is 14.3 Å². The topological polar surface area (TPSA) is 92.3 Å². The second kappa shape index (κ2) is 11.4. The van der Waals surface area contributed by atoms with Crippen molar-refractivity contribution in [3.8, 4) is 0 Å². The maximum absolute atomic E-state index is 13.0. The predicted octanol–water partition coefficient (Wildman–Crippen LogP) is 6.25. The minimum atomic E-state index is -3.73. The van der Waals surface area contributed by atoms with Crippen LogP contribution in [0.25, 0.3) is 0 Å². The largest absolute Gasteiger partial charge is 0.325 e. The summed E-state index contributed by atoms with van der Waals surface area (Å²) in [6.07, 6.45) is 0.544. The standard InChI is InChI=1S/C29H25ClN2O4S/c1-20-7-13-24(14-8-20)32-37(35,36)25-15-9-21(10-16-25)11-18-28(33)31-27-17-12-23(30)19-26(27)29(34)22-5-3-2-4-6-22/h2-10,12-17,19,32H,11,18H2,1H3,(H,31,33). The summed E-state index contributed by atoms with van der Waals surface area (Å²) in [5.41, 5.74) is 3.51. The van der Waals surface area contributed by atoms with Gasteiger partial charge in [-0.15, -0.1) is 0 Å². The molecule has 0 saturated carbocycles. The van der Waals surface area contributed by atoms with E-state index in [9.17, 15) is 18.0 Å². The first-order chi connectivity index (χ1) is 17.7. The molecule has 6 nitrogen and oxygen atoms in total. The summed E-state index contributed by atoms with van der Waals surface area (Å²) in [7, 11) is -3.73. The van der Waals surface area contributed by atoms with E-state index in [-0.39, 0.29) is 23.0 Å².